The molecule has 2 rings (SSSR count). The highest BCUT2D eigenvalue weighted by atomic mass is 35.5. The van der Waals surface area contributed by atoms with Crippen molar-refractivity contribution >= 4 is 29.2 Å². The molecule has 1 aromatic heterocycles. The summed E-state index contributed by atoms with van der Waals surface area (Å²) in [6, 6.07) is 4.63. The highest BCUT2D eigenvalue weighted by Crippen LogP contribution is 2.22. The highest BCUT2D eigenvalue weighted by molar-refractivity contribution is 6.34. The molecule has 1 heterocycles. The lowest BCUT2D eigenvalue weighted by Crippen LogP contribution is -2.32. The van der Waals surface area contributed by atoms with E-state index in [1.165, 1.54) is 4.90 Å². The number of aromatic nitrogens is 2. The molecule has 140 valence electrons. The van der Waals surface area contributed by atoms with Gasteiger partial charge in [-0.3, -0.25) is 4.79 Å². The van der Waals surface area contributed by atoms with Crippen LogP contribution in [0.3, 0.4) is 0 Å². The van der Waals surface area contributed by atoms with E-state index in [9.17, 15) is 9.59 Å². The van der Waals surface area contributed by atoms with Crippen LogP contribution in [-0.2, 0) is 13.5 Å². The predicted molar refractivity (Wildman–Crippen MR) is 103 cm³/mol. The minimum Gasteiger partial charge on any atom is -0.345 e. The zero-order chi connectivity index (χ0) is 19.3. The molecule has 0 spiro atoms. The first-order valence-electron chi connectivity index (χ1n) is 8.29. The Labute approximate surface area is 158 Å². The summed E-state index contributed by atoms with van der Waals surface area (Å²) in [6.45, 7) is 0.601. The second-order valence-electron chi connectivity index (χ2n) is 6.30. The molecule has 0 saturated carbocycles. The van der Waals surface area contributed by atoms with Crippen molar-refractivity contribution in [1.82, 2.24) is 19.4 Å². The van der Waals surface area contributed by atoms with E-state index >= 15 is 0 Å². The number of imidazole rings is 1. The lowest BCUT2D eigenvalue weighted by molar-refractivity contribution is 0.0828. The van der Waals surface area contributed by atoms with Crippen LogP contribution < -0.4 is 5.32 Å². The predicted octanol–water partition coefficient (Wildman–Crippen LogP) is 2.87. The molecule has 8 heteroatoms. The SMILES string of the molecule is CN(C)C(=O)c1ccc(NC(=O)N(C)CCCc2nccn2C)cc1Cl. The van der Waals surface area contributed by atoms with Gasteiger partial charge in [0.25, 0.3) is 5.91 Å². The Balaban J connectivity index is 1.89. The first-order valence-corrected chi connectivity index (χ1v) is 8.67. The van der Waals surface area contributed by atoms with Crippen LogP contribution in [0.1, 0.15) is 22.6 Å². The number of amides is 3. The van der Waals surface area contributed by atoms with Crippen molar-refractivity contribution in [2.75, 3.05) is 33.0 Å². The number of carbonyl (C=O) groups excluding carboxylic acids is 2. The summed E-state index contributed by atoms with van der Waals surface area (Å²) < 4.78 is 1.97. The maximum atomic E-state index is 12.3. The van der Waals surface area contributed by atoms with E-state index in [2.05, 4.69) is 10.3 Å². The maximum absolute atomic E-state index is 12.3. The Morgan fingerprint density at radius 2 is 2.00 bits per heavy atom. The van der Waals surface area contributed by atoms with Crippen LogP contribution in [-0.4, -0.2) is 59.0 Å². The number of urea groups is 1. The highest BCUT2D eigenvalue weighted by Gasteiger charge is 2.14. The summed E-state index contributed by atoms with van der Waals surface area (Å²) in [7, 11) is 7.01. The Morgan fingerprint density at radius 1 is 1.27 bits per heavy atom. The minimum atomic E-state index is -0.229. The van der Waals surface area contributed by atoms with Gasteiger partial charge in [-0.2, -0.15) is 0 Å². The summed E-state index contributed by atoms with van der Waals surface area (Å²) in [5, 5.41) is 3.09. The molecule has 1 N–H and O–H groups in total. The van der Waals surface area contributed by atoms with Crippen molar-refractivity contribution in [1.29, 1.82) is 0 Å². The Bertz CT molecular complexity index is 788. The van der Waals surface area contributed by atoms with E-state index < -0.39 is 0 Å². The van der Waals surface area contributed by atoms with Crippen LogP contribution in [0.4, 0.5) is 10.5 Å². The number of anilines is 1. The van der Waals surface area contributed by atoms with E-state index in [0.717, 1.165) is 18.7 Å². The van der Waals surface area contributed by atoms with Gasteiger partial charge in [-0.25, -0.2) is 9.78 Å². The second-order valence-corrected chi connectivity index (χ2v) is 6.71. The molecule has 3 amide bonds. The molecule has 0 aliphatic carbocycles. The van der Waals surface area contributed by atoms with Gasteiger partial charge >= 0.3 is 6.03 Å². The molecular formula is C18H24ClN5O2. The molecule has 1 aromatic carbocycles. The summed E-state index contributed by atoms with van der Waals surface area (Å²) in [5.41, 5.74) is 0.948. The first-order chi connectivity index (χ1) is 12.3. The summed E-state index contributed by atoms with van der Waals surface area (Å²) >= 11 is 6.17. The normalized spacial score (nSPS) is 10.5. The van der Waals surface area contributed by atoms with E-state index in [1.54, 1.807) is 50.4 Å². The minimum absolute atomic E-state index is 0.181. The summed E-state index contributed by atoms with van der Waals surface area (Å²) in [6.07, 6.45) is 5.28. The standard InChI is InChI=1S/C18H24ClN5O2/c1-22(2)17(25)14-8-7-13(12-15(14)19)21-18(26)24(4)10-5-6-16-20-9-11-23(16)3/h7-9,11-12H,5-6,10H2,1-4H3,(H,21,26). The van der Waals surface area contributed by atoms with Gasteiger partial charge in [-0.05, 0) is 24.6 Å². The molecular weight excluding hydrogens is 354 g/mol. The molecule has 7 nitrogen and oxygen atoms in total. The third-order valence-corrected chi connectivity index (χ3v) is 4.33. The van der Waals surface area contributed by atoms with Gasteiger partial charge in [0.05, 0.1) is 10.6 Å². The molecule has 0 aliphatic rings. The fourth-order valence-electron chi connectivity index (χ4n) is 2.44. The van der Waals surface area contributed by atoms with Crippen molar-refractivity contribution in [2.24, 2.45) is 7.05 Å². The third kappa shape index (κ3) is 4.98. The molecule has 0 unspecified atom stereocenters. The van der Waals surface area contributed by atoms with Gasteiger partial charge in [0.15, 0.2) is 0 Å². The average molecular weight is 378 g/mol. The number of halogens is 1. The monoisotopic (exact) mass is 377 g/mol. The van der Waals surface area contributed by atoms with E-state index in [4.69, 9.17) is 11.6 Å². The van der Waals surface area contributed by atoms with Gasteiger partial charge in [0.1, 0.15) is 5.82 Å². The number of nitrogens with zero attached hydrogens (tertiary/aromatic N) is 4. The number of rotatable bonds is 6. The van der Waals surface area contributed by atoms with Crippen molar-refractivity contribution < 1.29 is 9.59 Å². The van der Waals surface area contributed by atoms with Crippen LogP contribution in [0.15, 0.2) is 30.6 Å². The first kappa shape index (κ1) is 19.8. The van der Waals surface area contributed by atoms with Crippen LogP contribution in [0.25, 0.3) is 0 Å². The number of nitrogens with one attached hydrogen (secondary N) is 1. The number of hydrogen-bond acceptors (Lipinski definition) is 3. The fraction of sp³-hybridized carbons (Fsp3) is 0.389. The van der Waals surface area contributed by atoms with Gasteiger partial charge in [0.2, 0.25) is 0 Å². The van der Waals surface area contributed by atoms with E-state index in [-0.39, 0.29) is 11.9 Å². The van der Waals surface area contributed by atoms with Crippen LogP contribution in [0.5, 0.6) is 0 Å². The molecule has 0 bridgehead atoms. The van der Waals surface area contributed by atoms with Crippen LogP contribution in [0, 0.1) is 0 Å². The van der Waals surface area contributed by atoms with Gasteiger partial charge in [-0.15, -0.1) is 0 Å². The largest absolute Gasteiger partial charge is 0.345 e. The Morgan fingerprint density at radius 3 is 2.58 bits per heavy atom. The number of aryl methyl sites for hydroxylation is 2. The third-order valence-electron chi connectivity index (χ3n) is 4.02. The average Bonchev–Trinajstić information content (AvgIpc) is 2.99. The van der Waals surface area contributed by atoms with Crippen LogP contribution in [0.2, 0.25) is 5.02 Å². The summed E-state index contributed by atoms with van der Waals surface area (Å²) in [4.78, 5) is 31.6. The number of benzene rings is 1. The van der Waals surface area contributed by atoms with E-state index in [0.29, 0.717) is 22.8 Å². The van der Waals surface area contributed by atoms with Crippen molar-refractivity contribution in [2.45, 2.75) is 12.8 Å². The molecule has 0 atom stereocenters. The summed E-state index contributed by atoms with van der Waals surface area (Å²) in [5.74, 6) is 0.811. The van der Waals surface area contributed by atoms with Crippen LogP contribution >= 0.6 is 11.6 Å². The topological polar surface area (TPSA) is 70.5 Å². The zero-order valence-electron chi connectivity index (χ0n) is 15.5. The maximum Gasteiger partial charge on any atom is 0.321 e. The smallest absolute Gasteiger partial charge is 0.321 e. The van der Waals surface area contributed by atoms with Crippen molar-refractivity contribution in [3.8, 4) is 0 Å². The number of carbonyl (C=O) groups is 2. The molecule has 0 saturated heterocycles. The van der Waals surface area contributed by atoms with Crippen molar-refractivity contribution in [3.05, 3.63) is 47.0 Å². The lowest BCUT2D eigenvalue weighted by Gasteiger charge is -2.18. The van der Waals surface area contributed by atoms with Gasteiger partial charge in [0, 0.05) is 59.2 Å². The molecule has 0 radical (unpaired) electrons. The lowest BCUT2D eigenvalue weighted by atomic mass is 10.2. The molecule has 2 aromatic rings. The number of hydrogen-bond donors (Lipinski definition) is 1. The molecule has 0 aliphatic heterocycles. The van der Waals surface area contributed by atoms with E-state index in [1.807, 2.05) is 17.8 Å². The van der Waals surface area contributed by atoms with Crippen molar-refractivity contribution in [3.63, 3.8) is 0 Å². The van der Waals surface area contributed by atoms with Gasteiger partial charge in [-0.1, -0.05) is 11.6 Å². The molecule has 0 fully saturated rings. The van der Waals surface area contributed by atoms with Gasteiger partial charge < -0.3 is 19.7 Å². The second kappa shape index (κ2) is 8.71. The quantitative estimate of drug-likeness (QED) is 0.841. The fourth-order valence-corrected chi connectivity index (χ4v) is 2.70. The Hall–Kier alpha value is -2.54. The zero-order valence-corrected chi connectivity index (χ0v) is 16.2. The molecule has 26 heavy (non-hydrogen) atoms. The Kier molecular flexibility index (Phi) is 6.63.